The van der Waals surface area contributed by atoms with Crippen molar-refractivity contribution in [3.63, 3.8) is 0 Å². The van der Waals surface area contributed by atoms with Gasteiger partial charge in [-0.1, -0.05) is 18.2 Å². The summed E-state index contributed by atoms with van der Waals surface area (Å²) in [6.45, 7) is 4.33. The number of para-hydroxylation sites is 1. The molecule has 0 saturated carbocycles. The van der Waals surface area contributed by atoms with Gasteiger partial charge in [-0.05, 0) is 31.7 Å². The molecule has 0 aliphatic carbocycles. The van der Waals surface area contributed by atoms with Gasteiger partial charge in [-0.25, -0.2) is 0 Å². The van der Waals surface area contributed by atoms with Gasteiger partial charge in [0.1, 0.15) is 5.75 Å². The van der Waals surface area contributed by atoms with Crippen LogP contribution in [0.4, 0.5) is 0 Å². The van der Waals surface area contributed by atoms with Gasteiger partial charge in [0.15, 0.2) is 0 Å². The Morgan fingerprint density at radius 1 is 1.35 bits per heavy atom. The fourth-order valence-corrected chi connectivity index (χ4v) is 2.37. The second-order valence-electron chi connectivity index (χ2n) is 4.45. The van der Waals surface area contributed by atoms with Gasteiger partial charge >= 0.3 is 0 Å². The van der Waals surface area contributed by atoms with E-state index < -0.39 is 0 Å². The predicted molar refractivity (Wildman–Crippen MR) is 68.1 cm³/mol. The summed E-state index contributed by atoms with van der Waals surface area (Å²) in [6, 6.07) is 8.15. The Labute approximate surface area is 103 Å². The van der Waals surface area contributed by atoms with E-state index in [4.69, 9.17) is 15.2 Å². The van der Waals surface area contributed by atoms with Gasteiger partial charge < -0.3 is 15.2 Å². The topological polar surface area (TPSA) is 44.5 Å². The van der Waals surface area contributed by atoms with Crippen molar-refractivity contribution >= 4 is 0 Å². The number of hydrogen-bond acceptors (Lipinski definition) is 3. The van der Waals surface area contributed by atoms with Crippen molar-refractivity contribution in [3.8, 4) is 5.75 Å². The molecular weight excluding hydrogens is 214 g/mol. The van der Waals surface area contributed by atoms with Crippen LogP contribution in [0.15, 0.2) is 24.3 Å². The first-order chi connectivity index (χ1) is 8.33. The van der Waals surface area contributed by atoms with Crippen molar-refractivity contribution in [1.29, 1.82) is 0 Å². The van der Waals surface area contributed by atoms with Gasteiger partial charge in [0.2, 0.25) is 0 Å². The number of nitrogens with two attached hydrogens (primary N) is 1. The van der Waals surface area contributed by atoms with Gasteiger partial charge in [0.05, 0.1) is 6.61 Å². The van der Waals surface area contributed by atoms with Crippen LogP contribution in [0.25, 0.3) is 0 Å². The molecule has 1 unspecified atom stereocenters. The summed E-state index contributed by atoms with van der Waals surface area (Å²) in [5.74, 6) is 1.43. The second kappa shape index (κ2) is 6.03. The molecule has 1 aromatic carbocycles. The first kappa shape index (κ1) is 12.4. The first-order valence-electron chi connectivity index (χ1n) is 6.38. The lowest BCUT2D eigenvalue weighted by Gasteiger charge is -2.28. The molecule has 0 aromatic heterocycles. The minimum Gasteiger partial charge on any atom is -0.494 e. The molecule has 2 N–H and O–H groups in total. The summed E-state index contributed by atoms with van der Waals surface area (Å²) in [4.78, 5) is 0. The van der Waals surface area contributed by atoms with Crippen LogP contribution in [0.2, 0.25) is 0 Å². The standard InChI is InChI=1S/C14H21NO2/c1-2-17-13-6-4-3-5-12(13)14(15)11-7-9-16-10-8-11/h3-6,11,14H,2,7-10,15H2,1H3. The van der Waals surface area contributed by atoms with Gasteiger partial charge in [-0.2, -0.15) is 0 Å². The van der Waals surface area contributed by atoms with E-state index in [9.17, 15) is 0 Å². The third-order valence-electron chi connectivity index (χ3n) is 3.35. The zero-order valence-electron chi connectivity index (χ0n) is 10.4. The SMILES string of the molecule is CCOc1ccccc1C(N)C1CCOCC1. The van der Waals surface area contributed by atoms with Crippen molar-refractivity contribution < 1.29 is 9.47 Å². The molecule has 0 spiro atoms. The van der Waals surface area contributed by atoms with Crippen LogP contribution < -0.4 is 10.5 Å². The fourth-order valence-electron chi connectivity index (χ4n) is 2.37. The summed E-state index contributed by atoms with van der Waals surface area (Å²) >= 11 is 0. The molecule has 3 heteroatoms. The van der Waals surface area contributed by atoms with E-state index in [0.29, 0.717) is 12.5 Å². The maximum Gasteiger partial charge on any atom is 0.124 e. The van der Waals surface area contributed by atoms with E-state index >= 15 is 0 Å². The molecule has 2 rings (SSSR count). The second-order valence-corrected chi connectivity index (χ2v) is 4.45. The van der Waals surface area contributed by atoms with Crippen molar-refractivity contribution in [2.75, 3.05) is 19.8 Å². The van der Waals surface area contributed by atoms with E-state index in [1.807, 2.05) is 25.1 Å². The Balaban J connectivity index is 2.14. The van der Waals surface area contributed by atoms with Crippen LogP contribution in [-0.4, -0.2) is 19.8 Å². The van der Waals surface area contributed by atoms with Crippen LogP contribution in [0.5, 0.6) is 5.75 Å². The molecule has 17 heavy (non-hydrogen) atoms. The summed E-state index contributed by atoms with van der Waals surface area (Å²) in [5.41, 5.74) is 7.49. The molecule has 1 heterocycles. The number of rotatable bonds is 4. The monoisotopic (exact) mass is 235 g/mol. The molecule has 1 aliphatic heterocycles. The maximum absolute atomic E-state index is 6.37. The number of ether oxygens (including phenoxy) is 2. The summed E-state index contributed by atoms with van der Waals surface area (Å²) in [6.07, 6.45) is 2.09. The maximum atomic E-state index is 6.37. The lowest BCUT2D eigenvalue weighted by atomic mass is 9.87. The minimum atomic E-state index is 0.0571. The predicted octanol–water partition coefficient (Wildman–Crippen LogP) is 2.51. The Morgan fingerprint density at radius 3 is 2.76 bits per heavy atom. The molecule has 3 nitrogen and oxygen atoms in total. The highest BCUT2D eigenvalue weighted by molar-refractivity contribution is 5.36. The smallest absolute Gasteiger partial charge is 0.124 e. The Hall–Kier alpha value is -1.06. The van der Waals surface area contributed by atoms with E-state index in [1.165, 1.54) is 0 Å². The zero-order valence-corrected chi connectivity index (χ0v) is 10.4. The molecule has 0 bridgehead atoms. The van der Waals surface area contributed by atoms with Crippen LogP contribution >= 0.6 is 0 Å². The Morgan fingerprint density at radius 2 is 2.06 bits per heavy atom. The van der Waals surface area contributed by atoms with Crippen molar-refractivity contribution in [1.82, 2.24) is 0 Å². The largest absolute Gasteiger partial charge is 0.494 e. The molecule has 0 radical (unpaired) electrons. The number of hydrogen-bond donors (Lipinski definition) is 1. The van der Waals surface area contributed by atoms with Crippen molar-refractivity contribution in [3.05, 3.63) is 29.8 Å². The Kier molecular flexibility index (Phi) is 4.40. The highest BCUT2D eigenvalue weighted by Crippen LogP contribution is 2.33. The van der Waals surface area contributed by atoms with Gasteiger partial charge in [-0.3, -0.25) is 0 Å². The Bertz CT molecular complexity index is 348. The molecule has 1 aliphatic rings. The van der Waals surface area contributed by atoms with Crippen LogP contribution in [0.3, 0.4) is 0 Å². The normalized spacial score (nSPS) is 18.9. The lowest BCUT2D eigenvalue weighted by molar-refractivity contribution is 0.0580. The zero-order chi connectivity index (χ0) is 12.1. The molecule has 94 valence electrons. The lowest BCUT2D eigenvalue weighted by Crippen LogP contribution is -2.27. The highest BCUT2D eigenvalue weighted by Gasteiger charge is 2.24. The molecule has 1 atom stereocenters. The van der Waals surface area contributed by atoms with E-state index in [-0.39, 0.29) is 6.04 Å². The average Bonchev–Trinajstić information content (AvgIpc) is 2.40. The van der Waals surface area contributed by atoms with E-state index in [1.54, 1.807) is 0 Å². The quantitative estimate of drug-likeness (QED) is 0.872. The highest BCUT2D eigenvalue weighted by atomic mass is 16.5. The average molecular weight is 235 g/mol. The van der Waals surface area contributed by atoms with Gasteiger partial charge in [0.25, 0.3) is 0 Å². The van der Waals surface area contributed by atoms with Crippen LogP contribution in [-0.2, 0) is 4.74 Å². The van der Waals surface area contributed by atoms with Crippen LogP contribution in [0, 0.1) is 5.92 Å². The summed E-state index contributed by atoms with van der Waals surface area (Å²) in [7, 11) is 0. The first-order valence-corrected chi connectivity index (χ1v) is 6.38. The summed E-state index contributed by atoms with van der Waals surface area (Å²) < 4.78 is 11.0. The third kappa shape index (κ3) is 2.99. The number of benzene rings is 1. The molecule has 0 amide bonds. The summed E-state index contributed by atoms with van der Waals surface area (Å²) in [5, 5.41) is 0. The van der Waals surface area contributed by atoms with Crippen molar-refractivity contribution in [2.24, 2.45) is 11.7 Å². The van der Waals surface area contributed by atoms with Gasteiger partial charge in [-0.15, -0.1) is 0 Å². The molecular formula is C14H21NO2. The van der Waals surface area contributed by atoms with Crippen LogP contribution in [0.1, 0.15) is 31.4 Å². The van der Waals surface area contributed by atoms with Gasteiger partial charge in [0, 0.05) is 24.8 Å². The van der Waals surface area contributed by atoms with E-state index in [2.05, 4.69) is 6.07 Å². The third-order valence-corrected chi connectivity index (χ3v) is 3.35. The minimum absolute atomic E-state index is 0.0571. The molecule has 1 aromatic rings. The van der Waals surface area contributed by atoms with Crippen molar-refractivity contribution in [2.45, 2.75) is 25.8 Å². The fraction of sp³-hybridized carbons (Fsp3) is 0.571. The molecule has 1 saturated heterocycles. The molecule has 1 fully saturated rings. The van der Waals surface area contributed by atoms with E-state index in [0.717, 1.165) is 37.4 Å².